The van der Waals surface area contributed by atoms with Gasteiger partial charge < -0.3 is 14.3 Å². The first-order chi connectivity index (χ1) is 16.0. The van der Waals surface area contributed by atoms with Crippen LogP contribution in [0.5, 0.6) is 0 Å². The Morgan fingerprint density at radius 3 is 2.23 bits per heavy atom. The van der Waals surface area contributed by atoms with Crippen molar-refractivity contribution in [2.24, 2.45) is 10.8 Å². The molecule has 0 bridgehead atoms. The minimum absolute atomic E-state index is 0.136. The van der Waals surface area contributed by atoms with Crippen molar-refractivity contribution in [1.29, 1.82) is 0 Å². The second kappa shape index (κ2) is 11.4. The molecule has 0 unspecified atom stereocenters. The van der Waals surface area contributed by atoms with Crippen LogP contribution in [0.1, 0.15) is 100 Å². The van der Waals surface area contributed by atoms with Crippen LogP contribution in [0.3, 0.4) is 0 Å². The normalized spacial score (nSPS) is 15.7. The molecule has 0 spiro atoms. The Morgan fingerprint density at radius 1 is 0.971 bits per heavy atom. The van der Waals surface area contributed by atoms with E-state index in [1.165, 1.54) is 5.06 Å². The van der Waals surface area contributed by atoms with Crippen molar-refractivity contribution in [1.82, 2.24) is 20.1 Å². The molecule has 2 heterocycles. The largest absolute Gasteiger partial charge is 0.375 e. The van der Waals surface area contributed by atoms with E-state index in [-0.39, 0.29) is 11.3 Å². The van der Waals surface area contributed by atoms with Gasteiger partial charge in [-0.2, -0.15) is 5.06 Å². The molecular weight excluding hydrogens is 448 g/mol. The van der Waals surface area contributed by atoms with E-state index >= 15 is 0 Å². The number of carbonyl (C=O) groups is 2. The monoisotopic (exact) mass is 494 g/mol. The number of hydrogen-bond donors (Lipinski definition) is 0. The summed E-state index contributed by atoms with van der Waals surface area (Å²) < 4.78 is 14.0. The SMILES string of the molecule is CC(C)(C)CCOC(C)(C)c1cn(CCC(C)(C)OCCC(C)(C)C(=O)ON2CCCC2=O)nn1. The molecule has 0 aromatic carbocycles. The fourth-order valence-electron chi connectivity index (χ4n) is 3.45. The first-order valence-electron chi connectivity index (χ1n) is 12.7. The maximum atomic E-state index is 12.5. The minimum atomic E-state index is -0.752. The van der Waals surface area contributed by atoms with Gasteiger partial charge in [0, 0.05) is 26.2 Å². The van der Waals surface area contributed by atoms with Crippen LogP contribution in [0.2, 0.25) is 0 Å². The van der Waals surface area contributed by atoms with E-state index in [0.717, 1.165) is 25.0 Å². The van der Waals surface area contributed by atoms with Crippen molar-refractivity contribution in [2.45, 2.75) is 112 Å². The Balaban J connectivity index is 1.78. The second-order valence-electron chi connectivity index (χ2n) is 12.5. The number of nitrogens with zero attached hydrogens (tertiary/aromatic N) is 4. The summed E-state index contributed by atoms with van der Waals surface area (Å²) in [5.74, 6) is -0.542. The van der Waals surface area contributed by atoms with Gasteiger partial charge in [-0.1, -0.05) is 26.0 Å². The number of ether oxygens (including phenoxy) is 2. The lowest BCUT2D eigenvalue weighted by Crippen LogP contribution is -2.37. The van der Waals surface area contributed by atoms with E-state index in [9.17, 15) is 9.59 Å². The second-order valence-corrected chi connectivity index (χ2v) is 12.5. The highest BCUT2D eigenvalue weighted by molar-refractivity contribution is 5.81. The number of hydroxylamine groups is 2. The number of rotatable bonds is 13. The highest BCUT2D eigenvalue weighted by atomic mass is 16.7. The van der Waals surface area contributed by atoms with Gasteiger partial charge in [0.2, 0.25) is 0 Å². The fraction of sp³-hybridized carbons (Fsp3) is 0.846. The standard InChI is InChI=1S/C26H46N4O5/c1-23(2,3)13-17-34-26(8,9)20-19-29(28-27-20)16-12-25(6,7)33-18-14-24(4,5)22(32)35-30-15-10-11-21(30)31/h19H,10-18H2,1-9H3. The minimum Gasteiger partial charge on any atom is -0.375 e. The van der Waals surface area contributed by atoms with Crippen LogP contribution < -0.4 is 0 Å². The summed E-state index contributed by atoms with van der Waals surface area (Å²) in [6.07, 6.45) is 5.28. The molecule has 1 aliphatic rings. The topological polar surface area (TPSA) is 95.8 Å². The van der Waals surface area contributed by atoms with E-state index in [0.29, 0.717) is 39.1 Å². The first kappa shape index (κ1) is 29.2. The van der Waals surface area contributed by atoms with Crippen LogP contribution in [-0.2, 0) is 36.0 Å². The molecule has 0 aliphatic carbocycles. The molecule has 0 radical (unpaired) electrons. The van der Waals surface area contributed by atoms with Crippen molar-refractivity contribution in [2.75, 3.05) is 19.8 Å². The smallest absolute Gasteiger partial charge is 0.338 e. The van der Waals surface area contributed by atoms with E-state index in [2.05, 4.69) is 31.1 Å². The average molecular weight is 495 g/mol. The summed E-state index contributed by atoms with van der Waals surface area (Å²) in [7, 11) is 0. The van der Waals surface area contributed by atoms with Gasteiger partial charge in [-0.15, -0.1) is 5.10 Å². The summed E-state index contributed by atoms with van der Waals surface area (Å²) in [6, 6.07) is 0. The van der Waals surface area contributed by atoms with Gasteiger partial charge in [-0.05, 0) is 72.6 Å². The Kier molecular flexibility index (Phi) is 9.50. The van der Waals surface area contributed by atoms with Crippen molar-refractivity contribution >= 4 is 11.9 Å². The van der Waals surface area contributed by atoms with Gasteiger partial charge in [0.1, 0.15) is 11.3 Å². The van der Waals surface area contributed by atoms with Crippen LogP contribution in [0.15, 0.2) is 6.20 Å². The van der Waals surface area contributed by atoms with E-state index in [1.54, 1.807) is 0 Å². The molecule has 1 amide bonds. The average Bonchev–Trinajstić information content (AvgIpc) is 3.35. The zero-order valence-corrected chi connectivity index (χ0v) is 23.3. The third kappa shape index (κ3) is 9.52. The number of amides is 1. The van der Waals surface area contributed by atoms with Crippen LogP contribution in [0.25, 0.3) is 0 Å². The molecule has 2 rings (SSSR count). The van der Waals surface area contributed by atoms with Crippen LogP contribution in [-0.4, -0.2) is 57.3 Å². The molecule has 9 heteroatoms. The van der Waals surface area contributed by atoms with E-state index < -0.39 is 22.6 Å². The Hall–Kier alpha value is -2.00. The van der Waals surface area contributed by atoms with Gasteiger partial charge in [0.25, 0.3) is 5.91 Å². The van der Waals surface area contributed by atoms with Crippen LogP contribution >= 0.6 is 0 Å². The van der Waals surface area contributed by atoms with Crippen molar-refractivity contribution in [3.8, 4) is 0 Å². The van der Waals surface area contributed by atoms with Crippen molar-refractivity contribution < 1.29 is 23.9 Å². The number of aryl methyl sites for hydroxylation is 1. The van der Waals surface area contributed by atoms with Gasteiger partial charge in [0.15, 0.2) is 0 Å². The molecule has 1 saturated heterocycles. The quantitative estimate of drug-likeness (QED) is 0.394. The summed E-state index contributed by atoms with van der Waals surface area (Å²) in [4.78, 5) is 29.6. The zero-order chi connectivity index (χ0) is 26.5. The molecular formula is C26H46N4O5. The fourth-order valence-corrected chi connectivity index (χ4v) is 3.45. The molecule has 200 valence electrons. The lowest BCUT2D eigenvalue weighted by molar-refractivity contribution is -0.202. The molecule has 1 aromatic rings. The van der Waals surface area contributed by atoms with E-state index in [4.69, 9.17) is 14.3 Å². The predicted molar refractivity (Wildman–Crippen MR) is 133 cm³/mol. The van der Waals surface area contributed by atoms with Gasteiger partial charge in [0.05, 0.1) is 23.8 Å². The van der Waals surface area contributed by atoms with Crippen LogP contribution in [0.4, 0.5) is 0 Å². The summed E-state index contributed by atoms with van der Waals surface area (Å²) in [5.41, 5.74) is -0.632. The van der Waals surface area contributed by atoms with Crippen LogP contribution in [0, 0.1) is 10.8 Å². The summed E-state index contributed by atoms with van der Waals surface area (Å²) in [5, 5.41) is 9.79. The summed E-state index contributed by atoms with van der Waals surface area (Å²) in [6.45, 7) is 20.5. The lowest BCUT2D eigenvalue weighted by atomic mass is 9.90. The number of carbonyl (C=O) groups excluding carboxylic acids is 2. The molecule has 35 heavy (non-hydrogen) atoms. The highest BCUT2D eigenvalue weighted by Crippen LogP contribution is 2.28. The van der Waals surface area contributed by atoms with Gasteiger partial charge >= 0.3 is 5.97 Å². The van der Waals surface area contributed by atoms with E-state index in [1.807, 2.05) is 52.4 Å². The molecule has 1 fully saturated rings. The molecule has 1 aliphatic heterocycles. The first-order valence-corrected chi connectivity index (χ1v) is 12.7. The lowest BCUT2D eigenvalue weighted by Gasteiger charge is -2.29. The third-order valence-corrected chi connectivity index (χ3v) is 6.41. The third-order valence-electron chi connectivity index (χ3n) is 6.41. The molecule has 0 saturated carbocycles. The van der Waals surface area contributed by atoms with Gasteiger partial charge in [-0.25, -0.2) is 4.79 Å². The molecule has 0 atom stereocenters. The maximum absolute atomic E-state index is 12.5. The summed E-state index contributed by atoms with van der Waals surface area (Å²) >= 11 is 0. The highest BCUT2D eigenvalue weighted by Gasteiger charge is 2.34. The van der Waals surface area contributed by atoms with Crippen molar-refractivity contribution in [3.05, 3.63) is 11.9 Å². The van der Waals surface area contributed by atoms with Gasteiger partial charge in [-0.3, -0.25) is 9.48 Å². The Bertz CT molecular complexity index is 854. The predicted octanol–water partition coefficient (Wildman–Crippen LogP) is 4.65. The molecule has 9 nitrogen and oxygen atoms in total. The maximum Gasteiger partial charge on any atom is 0.338 e. The van der Waals surface area contributed by atoms with Crippen molar-refractivity contribution in [3.63, 3.8) is 0 Å². The molecule has 0 N–H and O–H groups in total. The molecule has 1 aromatic heterocycles. The zero-order valence-electron chi connectivity index (χ0n) is 23.3. The Morgan fingerprint density at radius 2 is 1.63 bits per heavy atom. The number of aromatic nitrogens is 3. The number of hydrogen-bond acceptors (Lipinski definition) is 7. The Labute approximate surface area is 210 Å².